The lowest BCUT2D eigenvalue weighted by Gasteiger charge is -2.42. The Kier molecular flexibility index (Phi) is 8.54. The fraction of sp³-hybridized carbons (Fsp3) is 1.00. The van der Waals surface area contributed by atoms with E-state index in [0.29, 0.717) is 6.42 Å². The van der Waals surface area contributed by atoms with Gasteiger partial charge in [0.1, 0.15) is 24.4 Å². The Morgan fingerprint density at radius 2 is 1.65 bits per heavy atom. The molecule has 26 heavy (non-hydrogen) atoms. The van der Waals surface area contributed by atoms with Gasteiger partial charge < -0.3 is 44.5 Å². The van der Waals surface area contributed by atoms with Crippen LogP contribution >= 0.6 is 11.8 Å². The predicted octanol–water partition coefficient (Wildman–Crippen LogP) is -1.56. The number of hydrogen-bond donors (Lipinski definition) is 5. The molecule has 0 aromatic rings. The van der Waals surface area contributed by atoms with Gasteiger partial charge in [-0.05, 0) is 20.3 Å². The zero-order valence-electron chi connectivity index (χ0n) is 15.2. The van der Waals surface area contributed by atoms with Crippen molar-refractivity contribution in [1.82, 2.24) is 0 Å². The summed E-state index contributed by atoms with van der Waals surface area (Å²) >= 11 is 1.35. The van der Waals surface area contributed by atoms with Crippen LogP contribution in [0.15, 0.2) is 0 Å². The number of hydrogen-bond acceptors (Lipinski definition) is 10. The van der Waals surface area contributed by atoms with E-state index in [1.165, 1.54) is 18.9 Å². The summed E-state index contributed by atoms with van der Waals surface area (Å²) in [5.74, 6) is 0.262. The van der Waals surface area contributed by atoms with Gasteiger partial charge in [-0.15, -0.1) is 0 Å². The quantitative estimate of drug-likeness (QED) is 0.342. The third-order valence-electron chi connectivity index (χ3n) is 4.47. The van der Waals surface area contributed by atoms with Crippen LogP contribution in [0.1, 0.15) is 20.3 Å². The fourth-order valence-corrected chi connectivity index (χ4v) is 4.46. The molecule has 0 saturated carbocycles. The minimum absolute atomic E-state index is 0.122. The van der Waals surface area contributed by atoms with Crippen LogP contribution < -0.4 is 0 Å². The van der Waals surface area contributed by atoms with Crippen molar-refractivity contribution in [3.05, 3.63) is 0 Å². The van der Waals surface area contributed by atoms with Crippen molar-refractivity contribution in [2.24, 2.45) is 0 Å². The van der Waals surface area contributed by atoms with Gasteiger partial charge in [0.25, 0.3) is 0 Å². The van der Waals surface area contributed by atoms with E-state index < -0.39 is 49.2 Å². The monoisotopic (exact) mass is 398 g/mol. The second kappa shape index (κ2) is 9.97. The van der Waals surface area contributed by atoms with Crippen molar-refractivity contribution in [2.45, 2.75) is 80.8 Å². The van der Waals surface area contributed by atoms with Crippen LogP contribution in [0.4, 0.5) is 0 Å². The Morgan fingerprint density at radius 1 is 1.00 bits per heavy atom. The molecule has 9 atom stereocenters. The highest BCUT2D eigenvalue weighted by molar-refractivity contribution is 8.00. The third kappa shape index (κ3) is 5.28. The van der Waals surface area contributed by atoms with E-state index in [9.17, 15) is 25.5 Å². The molecule has 2 aliphatic heterocycles. The molecular weight excluding hydrogens is 368 g/mol. The predicted molar refractivity (Wildman–Crippen MR) is 92.5 cm³/mol. The molecule has 5 N–H and O–H groups in total. The lowest BCUT2D eigenvalue weighted by Crippen LogP contribution is -2.59. The first-order valence-corrected chi connectivity index (χ1v) is 9.77. The van der Waals surface area contributed by atoms with Gasteiger partial charge in [0, 0.05) is 18.1 Å². The molecule has 9 nitrogen and oxygen atoms in total. The molecule has 0 unspecified atom stereocenters. The van der Waals surface area contributed by atoms with Crippen molar-refractivity contribution in [2.75, 3.05) is 19.5 Å². The standard InChI is InChI=1S/C16H30O9S/c1-7(2)23-15-8(18)4-11(9(5-17)24-15)26-6-10-12(19)13(20)14(21)16(22-3)25-10/h7-21H,4-6H2,1-3H3/t8-,9+,10+,11+,12+,13-,14+,15-,16-/m0/s1. The SMILES string of the molecule is CO[C@H]1O[C@H](CS[C@@H]2C[C@H](O)[C@@H](OC(C)C)O[C@@H]2CO)[C@@H](O)[C@H](O)[C@H]1O. The number of rotatable bonds is 7. The van der Waals surface area contributed by atoms with E-state index in [1.54, 1.807) is 0 Å². The summed E-state index contributed by atoms with van der Waals surface area (Å²) in [4.78, 5) is 0. The molecule has 0 bridgehead atoms. The Bertz CT molecular complexity index is 425. The first kappa shape index (κ1) is 22.3. The van der Waals surface area contributed by atoms with Crippen LogP contribution in [0.25, 0.3) is 0 Å². The molecule has 2 aliphatic rings. The Morgan fingerprint density at radius 3 is 2.23 bits per heavy atom. The number of aliphatic hydroxyl groups excluding tert-OH is 5. The van der Waals surface area contributed by atoms with Crippen LogP contribution in [-0.2, 0) is 18.9 Å². The van der Waals surface area contributed by atoms with E-state index in [1.807, 2.05) is 13.8 Å². The van der Waals surface area contributed by atoms with Gasteiger partial charge in [-0.25, -0.2) is 0 Å². The summed E-state index contributed by atoms with van der Waals surface area (Å²) in [6, 6.07) is 0. The van der Waals surface area contributed by atoms with Crippen molar-refractivity contribution >= 4 is 11.8 Å². The van der Waals surface area contributed by atoms with Crippen LogP contribution in [0.3, 0.4) is 0 Å². The summed E-state index contributed by atoms with van der Waals surface area (Å²) in [5, 5.41) is 49.4. The van der Waals surface area contributed by atoms with Gasteiger partial charge in [-0.2, -0.15) is 11.8 Å². The van der Waals surface area contributed by atoms with Crippen molar-refractivity contribution in [3.8, 4) is 0 Å². The first-order chi connectivity index (χ1) is 12.3. The largest absolute Gasteiger partial charge is 0.394 e. The number of thioether (sulfide) groups is 1. The molecule has 0 spiro atoms. The minimum Gasteiger partial charge on any atom is -0.394 e. The molecule has 10 heteroatoms. The van der Waals surface area contributed by atoms with E-state index in [4.69, 9.17) is 18.9 Å². The summed E-state index contributed by atoms with van der Waals surface area (Å²) in [5.41, 5.74) is 0. The summed E-state index contributed by atoms with van der Waals surface area (Å²) in [6.45, 7) is 3.43. The highest BCUT2D eigenvalue weighted by Gasteiger charge is 2.45. The maximum absolute atomic E-state index is 10.2. The van der Waals surface area contributed by atoms with Crippen LogP contribution in [0.2, 0.25) is 0 Å². The van der Waals surface area contributed by atoms with E-state index in [-0.39, 0.29) is 23.7 Å². The van der Waals surface area contributed by atoms with Gasteiger partial charge in [0.15, 0.2) is 12.6 Å². The van der Waals surface area contributed by atoms with Gasteiger partial charge >= 0.3 is 0 Å². The maximum atomic E-state index is 10.2. The van der Waals surface area contributed by atoms with Crippen LogP contribution in [0, 0.1) is 0 Å². The zero-order chi connectivity index (χ0) is 19.4. The molecule has 0 radical (unpaired) electrons. The number of methoxy groups -OCH3 is 1. The van der Waals surface area contributed by atoms with E-state index in [0.717, 1.165) is 0 Å². The molecule has 2 rings (SSSR count). The lowest BCUT2D eigenvalue weighted by atomic mass is 10.00. The lowest BCUT2D eigenvalue weighted by molar-refractivity contribution is -0.285. The van der Waals surface area contributed by atoms with E-state index >= 15 is 0 Å². The molecule has 2 saturated heterocycles. The van der Waals surface area contributed by atoms with Gasteiger partial charge in [0.2, 0.25) is 0 Å². The Hall–Kier alpha value is -0.0100. The molecule has 154 valence electrons. The van der Waals surface area contributed by atoms with Crippen molar-refractivity contribution < 1.29 is 44.5 Å². The summed E-state index contributed by atoms with van der Waals surface area (Å²) in [7, 11) is 1.34. The van der Waals surface area contributed by atoms with Crippen molar-refractivity contribution in [3.63, 3.8) is 0 Å². The fourth-order valence-electron chi connectivity index (χ4n) is 3.05. The highest BCUT2D eigenvalue weighted by Crippen LogP contribution is 2.33. The molecule has 0 aliphatic carbocycles. The smallest absolute Gasteiger partial charge is 0.186 e. The number of aliphatic hydroxyl groups is 5. The Labute approximate surface area is 157 Å². The molecule has 0 amide bonds. The molecular formula is C16H30O9S. The molecule has 0 aromatic heterocycles. The normalized spacial score (nSPS) is 44.4. The van der Waals surface area contributed by atoms with Gasteiger partial charge in [-0.3, -0.25) is 0 Å². The first-order valence-electron chi connectivity index (χ1n) is 8.72. The van der Waals surface area contributed by atoms with Gasteiger partial charge in [-0.1, -0.05) is 0 Å². The van der Waals surface area contributed by atoms with Crippen LogP contribution in [-0.4, -0.2) is 106 Å². The third-order valence-corrected chi connectivity index (χ3v) is 5.92. The second-order valence-electron chi connectivity index (χ2n) is 6.84. The van der Waals surface area contributed by atoms with E-state index in [2.05, 4.69) is 0 Å². The average Bonchev–Trinajstić information content (AvgIpc) is 2.60. The molecule has 0 aromatic carbocycles. The van der Waals surface area contributed by atoms with Crippen molar-refractivity contribution in [1.29, 1.82) is 0 Å². The highest BCUT2D eigenvalue weighted by atomic mass is 32.2. The van der Waals surface area contributed by atoms with Gasteiger partial charge in [0.05, 0.1) is 24.9 Å². The topological polar surface area (TPSA) is 138 Å². The summed E-state index contributed by atoms with van der Waals surface area (Å²) < 4.78 is 21.7. The maximum Gasteiger partial charge on any atom is 0.186 e. The second-order valence-corrected chi connectivity index (χ2v) is 8.11. The molecule has 2 heterocycles. The average molecular weight is 398 g/mol. The molecule has 2 fully saturated rings. The summed E-state index contributed by atoms with van der Waals surface area (Å²) in [6.07, 6.45) is -7.76. The number of ether oxygens (including phenoxy) is 4. The van der Waals surface area contributed by atoms with Crippen LogP contribution in [0.5, 0.6) is 0 Å². The minimum atomic E-state index is -1.38. The Balaban J connectivity index is 1.93. The zero-order valence-corrected chi connectivity index (χ0v) is 16.0.